The molecule has 0 amide bonds. The minimum Gasteiger partial charge on any atom is -0.375 e. The van der Waals surface area contributed by atoms with E-state index in [1.807, 2.05) is 0 Å². The predicted molar refractivity (Wildman–Crippen MR) is 59.9 cm³/mol. The fraction of sp³-hybridized carbons (Fsp3) is 1.00. The Hall–Kier alpha value is -0.120. The molecule has 0 bridgehead atoms. The Labute approximate surface area is 92.2 Å². The maximum Gasteiger partial charge on any atom is 0.0730 e. The summed E-state index contributed by atoms with van der Waals surface area (Å²) in [6.45, 7) is 5.88. The van der Waals surface area contributed by atoms with Gasteiger partial charge in [0.1, 0.15) is 0 Å². The van der Waals surface area contributed by atoms with Gasteiger partial charge in [-0.25, -0.2) is 0 Å². The summed E-state index contributed by atoms with van der Waals surface area (Å²) in [5.74, 6) is 0.893. The Balaban J connectivity index is 1.59. The van der Waals surface area contributed by atoms with Crippen molar-refractivity contribution in [3.05, 3.63) is 0 Å². The lowest BCUT2D eigenvalue weighted by atomic mass is 10.0. The smallest absolute Gasteiger partial charge is 0.0730 e. The summed E-state index contributed by atoms with van der Waals surface area (Å²) >= 11 is 0. The zero-order chi connectivity index (χ0) is 10.1. The predicted octanol–water partition coefficient (Wildman–Crippen LogP) is 0.849. The minimum absolute atomic E-state index is 0.563. The summed E-state index contributed by atoms with van der Waals surface area (Å²) in [4.78, 5) is 2.71. The molecule has 1 aliphatic carbocycles. The van der Waals surface area contributed by atoms with Crippen LogP contribution in [0.25, 0.3) is 0 Å². The van der Waals surface area contributed by atoms with Crippen LogP contribution >= 0.6 is 0 Å². The normalized spacial score (nSPS) is 42.0. The highest BCUT2D eigenvalue weighted by molar-refractivity contribution is 4.90. The Morgan fingerprint density at radius 1 is 1.27 bits per heavy atom. The van der Waals surface area contributed by atoms with E-state index in [0.717, 1.165) is 25.1 Å². The third-order valence-corrected chi connectivity index (χ3v) is 4.25. The fourth-order valence-corrected chi connectivity index (χ4v) is 3.43. The number of hydrogen-bond acceptors (Lipinski definition) is 3. The molecule has 15 heavy (non-hydrogen) atoms. The van der Waals surface area contributed by atoms with Crippen LogP contribution in [0.4, 0.5) is 0 Å². The van der Waals surface area contributed by atoms with Crippen molar-refractivity contribution < 1.29 is 4.74 Å². The SMILES string of the molecule is C1CC2OCCN(CC3CCNC3)C2C1. The second kappa shape index (κ2) is 4.40. The van der Waals surface area contributed by atoms with Gasteiger partial charge in [0.15, 0.2) is 0 Å². The number of hydrogen-bond donors (Lipinski definition) is 1. The van der Waals surface area contributed by atoms with E-state index in [1.165, 1.54) is 45.3 Å². The molecule has 0 spiro atoms. The third kappa shape index (κ3) is 2.05. The molecule has 0 aromatic rings. The van der Waals surface area contributed by atoms with Crippen molar-refractivity contribution >= 4 is 0 Å². The van der Waals surface area contributed by atoms with Crippen LogP contribution in [0.15, 0.2) is 0 Å². The highest BCUT2D eigenvalue weighted by atomic mass is 16.5. The first-order valence-electron chi connectivity index (χ1n) is 6.50. The van der Waals surface area contributed by atoms with E-state index >= 15 is 0 Å². The van der Waals surface area contributed by atoms with Crippen LogP contribution in [0, 0.1) is 5.92 Å². The van der Waals surface area contributed by atoms with Crippen molar-refractivity contribution in [1.82, 2.24) is 10.2 Å². The van der Waals surface area contributed by atoms with Crippen molar-refractivity contribution in [2.45, 2.75) is 37.8 Å². The Morgan fingerprint density at radius 3 is 3.13 bits per heavy atom. The zero-order valence-corrected chi connectivity index (χ0v) is 9.45. The number of nitrogens with one attached hydrogen (secondary N) is 1. The molecule has 3 fully saturated rings. The molecule has 3 heteroatoms. The van der Waals surface area contributed by atoms with Crippen LogP contribution in [0.1, 0.15) is 25.7 Å². The maximum absolute atomic E-state index is 5.84. The molecule has 3 rings (SSSR count). The third-order valence-electron chi connectivity index (χ3n) is 4.25. The quantitative estimate of drug-likeness (QED) is 0.731. The molecule has 2 saturated heterocycles. The Bertz CT molecular complexity index is 216. The van der Waals surface area contributed by atoms with Crippen molar-refractivity contribution in [2.75, 3.05) is 32.8 Å². The first kappa shape index (κ1) is 10.1. The number of ether oxygens (including phenoxy) is 1. The van der Waals surface area contributed by atoms with Gasteiger partial charge >= 0.3 is 0 Å². The summed E-state index contributed by atoms with van der Waals surface area (Å²) in [5.41, 5.74) is 0. The number of rotatable bonds is 2. The summed E-state index contributed by atoms with van der Waals surface area (Å²) < 4.78 is 5.84. The van der Waals surface area contributed by atoms with Crippen LogP contribution in [-0.2, 0) is 4.74 Å². The number of fused-ring (bicyclic) bond motifs is 1. The minimum atomic E-state index is 0.563. The molecule has 0 aromatic heterocycles. The van der Waals surface area contributed by atoms with Crippen LogP contribution in [0.3, 0.4) is 0 Å². The molecular formula is C12H22N2O. The lowest BCUT2D eigenvalue weighted by molar-refractivity contribution is -0.0594. The second-order valence-electron chi connectivity index (χ2n) is 5.26. The van der Waals surface area contributed by atoms with E-state index in [-0.39, 0.29) is 0 Å². The first-order valence-corrected chi connectivity index (χ1v) is 6.50. The van der Waals surface area contributed by atoms with Crippen molar-refractivity contribution in [1.29, 1.82) is 0 Å². The van der Waals surface area contributed by atoms with Crippen molar-refractivity contribution in [3.63, 3.8) is 0 Å². The summed E-state index contributed by atoms with van der Waals surface area (Å²) in [6.07, 6.45) is 5.96. The molecule has 3 unspecified atom stereocenters. The van der Waals surface area contributed by atoms with E-state index in [4.69, 9.17) is 4.74 Å². The van der Waals surface area contributed by atoms with Gasteiger partial charge in [-0.1, -0.05) is 0 Å². The maximum atomic E-state index is 5.84. The van der Waals surface area contributed by atoms with E-state index in [1.54, 1.807) is 0 Å². The van der Waals surface area contributed by atoms with Gasteiger partial charge in [-0.3, -0.25) is 4.90 Å². The van der Waals surface area contributed by atoms with Gasteiger partial charge in [-0.15, -0.1) is 0 Å². The first-order chi connectivity index (χ1) is 7.43. The topological polar surface area (TPSA) is 24.5 Å². The molecule has 1 N–H and O–H groups in total. The highest BCUT2D eigenvalue weighted by Gasteiger charge is 2.36. The van der Waals surface area contributed by atoms with E-state index in [9.17, 15) is 0 Å². The van der Waals surface area contributed by atoms with E-state index in [2.05, 4.69) is 10.2 Å². The van der Waals surface area contributed by atoms with Gasteiger partial charge in [0.05, 0.1) is 12.7 Å². The van der Waals surface area contributed by atoms with Gasteiger partial charge in [0, 0.05) is 19.1 Å². The van der Waals surface area contributed by atoms with Crippen LogP contribution < -0.4 is 5.32 Å². The highest BCUT2D eigenvalue weighted by Crippen LogP contribution is 2.30. The van der Waals surface area contributed by atoms with Crippen molar-refractivity contribution in [2.24, 2.45) is 5.92 Å². The summed E-state index contributed by atoms with van der Waals surface area (Å²) in [6, 6.07) is 0.749. The number of morpholine rings is 1. The molecule has 3 nitrogen and oxygen atoms in total. The van der Waals surface area contributed by atoms with Gasteiger partial charge in [-0.2, -0.15) is 0 Å². The molecule has 3 atom stereocenters. The molecule has 1 saturated carbocycles. The van der Waals surface area contributed by atoms with Gasteiger partial charge in [0.25, 0.3) is 0 Å². The zero-order valence-electron chi connectivity index (χ0n) is 9.45. The van der Waals surface area contributed by atoms with Gasteiger partial charge in [0.2, 0.25) is 0 Å². The molecule has 86 valence electrons. The van der Waals surface area contributed by atoms with E-state index < -0.39 is 0 Å². The molecule has 2 aliphatic heterocycles. The average Bonchev–Trinajstić information content (AvgIpc) is 2.87. The van der Waals surface area contributed by atoms with Gasteiger partial charge in [-0.05, 0) is 44.7 Å². The van der Waals surface area contributed by atoms with Crippen LogP contribution in [0.5, 0.6) is 0 Å². The monoisotopic (exact) mass is 210 g/mol. The summed E-state index contributed by atoms with van der Waals surface area (Å²) in [5, 5.41) is 3.46. The van der Waals surface area contributed by atoms with Gasteiger partial charge < -0.3 is 10.1 Å². The molecule has 0 aromatic carbocycles. The Morgan fingerprint density at radius 2 is 2.27 bits per heavy atom. The average molecular weight is 210 g/mol. The lowest BCUT2D eigenvalue weighted by Crippen LogP contribution is -2.50. The molecule has 2 heterocycles. The number of nitrogens with zero attached hydrogens (tertiary/aromatic N) is 1. The summed E-state index contributed by atoms with van der Waals surface area (Å²) in [7, 11) is 0. The van der Waals surface area contributed by atoms with E-state index in [0.29, 0.717) is 6.10 Å². The standard InChI is InChI=1S/C12H22N2O/c1-2-11-12(3-1)15-7-6-14(11)9-10-4-5-13-8-10/h10-13H,1-9H2. The largest absolute Gasteiger partial charge is 0.375 e. The lowest BCUT2D eigenvalue weighted by Gasteiger charge is -2.38. The Kier molecular flexibility index (Phi) is 2.95. The van der Waals surface area contributed by atoms with Crippen molar-refractivity contribution in [3.8, 4) is 0 Å². The van der Waals surface area contributed by atoms with Crippen LogP contribution in [0.2, 0.25) is 0 Å². The second-order valence-corrected chi connectivity index (χ2v) is 5.26. The molecular weight excluding hydrogens is 188 g/mol. The van der Waals surface area contributed by atoms with Crippen LogP contribution in [-0.4, -0.2) is 49.8 Å². The molecule has 3 aliphatic rings. The fourth-order valence-electron chi connectivity index (χ4n) is 3.43. The molecule has 0 radical (unpaired) electrons.